The summed E-state index contributed by atoms with van der Waals surface area (Å²) in [7, 11) is -1.57. The minimum atomic E-state index is -1.57. The van der Waals surface area contributed by atoms with Crippen molar-refractivity contribution in [3.05, 3.63) is 57.8 Å². The Morgan fingerprint density at radius 2 is 1.48 bits per heavy atom. The Balaban J connectivity index is 0. The smallest absolute Gasteiger partial charge is 0.148 e. The molecule has 0 aromatic heterocycles. The quantitative estimate of drug-likeness (QED) is 0.585. The Hall–Kier alpha value is 0.340. The first kappa shape index (κ1) is 25.6. The van der Waals surface area contributed by atoms with Crippen LogP contribution >= 0.6 is 24.8 Å². The average Bonchev–Trinajstić information content (AvgIpc) is 2.62. The van der Waals surface area contributed by atoms with Crippen molar-refractivity contribution < 1.29 is 26.2 Å². The molecule has 1 aliphatic carbocycles. The first-order chi connectivity index (χ1) is 9.34. The van der Waals surface area contributed by atoms with E-state index in [0.29, 0.717) is 5.92 Å². The van der Waals surface area contributed by atoms with Crippen LogP contribution in [-0.4, -0.2) is 8.24 Å². The molecule has 0 saturated heterocycles. The first-order valence-corrected chi connectivity index (χ1v) is 10.5. The van der Waals surface area contributed by atoms with Gasteiger partial charge in [0, 0.05) is 32.7 Å². The van der Waals surface area contributed by atoms with Crippen molar-refractivity contribution in [3.63, 3.8) is 0 Å². The minimum absolute atomic E-state index is 0. The summed E-state index contributed by atoms with van der Waals surface area (Å²) in [5, 5.41) is 1.68. The predicted octanol–water partition coefficient (Wildman–Crippen LogP) is 5.66. The number of rotatable bonds is 4. The molecule has 0 spiro atoms. The Bertz CT molecular complexity index is 568. The number of hydrogen-bond donors (Lipinski definition) is 1. The van der Waals surface area contributed by atoms with Crippen LogP contribution in [0, 0.1) is 5.92 Å². The summed E-state index contributed by atoms with van der Waals surface area (Å²) in [6.45, 7) is 15.1. The standard InChI is InChI=1S/C18H27NSi.2ClH.Zr/c1-13-14(2)16(4)18(15(13)3)20(5,6)19-12-17-10-8-7-9-11-17;;;/h7-11,15,19H,12H2,1-6H3;2*1H;. The number of benzene rings is 1. The van der Waals surface area contributed by atoms with E-state index in [0.717, 1.165) is 6.54 Å². The van der Waals surface area contributed by atoms with Gasteiger partial charge < -0.3 is 4.98 Å². The Kier molecular flexibility index (Phi) is 11.5. The average molecular weight is 450 g/mol. The van der Waals surface area contributed by atoms with Crippen LogP contribution in [-0.2, 0) is 32.7 Å². The number of nitrogens with one attached hydrogen (secondary N) is 1. The van der Waals surface area contributed by atoms with Gasteiger partial charge in [-0.2, -0.15) is 0 Å². The van der Waals surface area contributed by atoms with E-state index >= 15 is 0 Å². The molecule has 128 valence electrons. The Morgan fingerprint density at radius 3 is 1.91 bits per heavy atom. The molecule has 23 heavy (non-hydrogen) atoms. The van der Waals surface area contributed by atoms with Crippen molar-refractivity contribution in [1.29, 1.82) is 0 Å². The van der Waals surface area contributed by atoms with Gasteiger partial charge in [-0.1, -0.05) is 66.7 Å². The van der Waals surface area contributed by atoms with Crippen LogP contribution in [0.2, 0.25) is 13.1 Å². The zero-order chi connectivity index (χ0) is 14.9. The van der Waals surface area contributed by atoms with Gasteiger partial charge in [0.1, 0.15) is 8.24 Å². The maximum absolute atomic E-state index is 3.87. The summed E-state index contributed by atoms with van der Waals surface area (Å²) in [5.74, 6) is 0.611. The number of hydrogen-bond acceptors (Lipinski definition) is 1. The van der Waals surface area contributed by atoms with Crippen LogP contribution in [0.4, 0.5) is 0 Å². The molecule has 2 rings (SSSR count). The van der Waals surface area contributed by atoms with Gasteiger partial charge in [0.25, 0.3) is 0 Å². The van der Waals surface area contributed by atoms with Gasteiger partial charge in [-0.05, 0) is 37.8 Å². The fourth-order valence-corrected chi connectivity index (χ4v) is 6.65. The third-order valence-corrected chi connectivity index (χ3v) is 8.11. The van der Waals surface area contributed by atoms with Gasteiger partial charge >= 0.3 is 0 Å². The van der Waals surface area contributed by atoms with E-state index in [9.17, 15) is 0 Å². The molecule has 0 saturated carbocycles. The molecule has 1 aromatic carbocycles. The third kappa shape index (κ3) is 5.68. The van der Waals surface area contributed by atoms with E-state index in [2.05, 4.69) is 76.1 Å². The first-order valence-electron chi connectivity index (χ1n) is 7.52. The topological polar surface area (TPSA) is 12.0 Å². The number of halogens is 2. The summed E-state index contributed by atoms with van der Waals surface area (Å²) >= 11 is 0. The van der Waals surface area contributed by atoms with E-state index in [1.165, 1.54) is 16.7 Å². The van der Waals surface area contributed by atoms with Crippen LogP contribution in [0.1, 0.15) is 33.3 Å². The fraction of sp³-hybridized carbons (Fsp3) is 0.444. The summed E-state index contributed by atoms with van der Waals surface area (Å²) in [6.07, 6.45) is 0. The third-order valence-electron chi connectivity index (χ3n) is 4.89. The maximum atomic E-state index is 3.87. The second kappa shape index (κ2) is 10.4. The fourth-order valence-electron chi connectivity index (χ4n) is 3.39. The molecule has 0 heterocycles. The number of allylic oxidation sites excluding steroid dienone is 4. The van der Waals surface area contributed by atoms with E-state index in [1.807, 2.05) is 0 Å². The molecule has 1 unspecified atom stereocenters. The zero-order valence-corrected chi connectivity index (χ0v) is 20.1. The van der Waals surface area contributed by atoms with Gasteiger partial charge in [-0.3, -0.25) is 0 Å². The Morgan fingerprint density at radius 1 is 0.957 bits per heavy atom. The normalized spacial score (nSPS) is 17.4. The van der Waals surface area contributed by atoms with Gasteiger partial charge in [0.2, 0.25) is 0 Å². The van der Waals surface area contributed by atoms with Gasteiger partial charge in [0.05, 0.1) is 0 Å². The molecule has 0 fully saturated rings. The summed E-state index contributed by atoms with van der Waals surface area (Å²) in [6, 6.07) is 10.7. The molecule has 0 aliphatic heterocycles. The summed E-state index contributed by atoms with van der Waals surface area (Å²) < 4.78 is 0. The van der Waals surface area contributed by atoms with Gasteiger partial charge in [0.15, 0.2) is 0 Å². The van der Waals surface area contributed by atoms with Crippen LogP contribution < -0.4 is 4.98 Å². The largest absolute Gasteiger partial charge is 0.330 e. The van der Waals surface area contributed by atoms with Gasteiger partial charge in [-0.25, -0.2) is 0 Å². The van der Waals surface area contributed by atoms with Crippen molar-refractivity contribution in [2.24, 2.45) is 5.92 Å². The van der Waals surface area contributed by atoms with Gasteiger partial charge in [-0.15, -0.1) is 24.8 Å². The molecule has 5 heteroatoms. The second-order valence-corrected chi connectivity index (χ2v) is 10.7. The van der Waals surface area contributed by atoms with Crippen LogP contribution in [0.15, 0.2) is 52.2 Å². The van der Waals surface area contributed by atoms with E-state index in [4.69, 9.17) is 0 Å². The molecule has 1 N–H and O–H groups in total. The zero-order valence-electron chi connectivity index (χ0n) is 15.0. The predicted molar refractivity (Wildman–Crippen MR) is 105 cm³/mol. The van der Waals surface area contributed by atoms with Crippen LogP contribution in [0.3, 0.4) is 0 Å². The summed E-state index contributed by atoms with van der Waals surface area (Å²) in [4.78, 5) is 3.87. The summed E-state index contributed by atoms with van der Waals surface area (Å²) in [5.41, 5.74) is 5.97. The van der Waals surface area contributed by atoms with Crippen molar-refractivity contribution in [1.82, 2.24) is 4.98 Å². The van der Waals surface area contributed by atoms with Crippen molar-refractivity contribution in [2.45, 2.75) is 47.3 Å². The van der Waals surface area contributed by atoms with E-state index in [-0.39, 0.29) is 51.0 Å². The molecule has 1 aliphatic rings. The Labute approximate surface area is 174 Å². The minimum Gasteiger partial charge on any atom is -0.330 e. The molecule has 0 bridgehead atoms. The van der Waals surface area contributed by atoms with Crippen molar-refractivity contribution >= 4 is 33.0 Å². The van der Waals surface area contributed by atoms with E-state index < -0.39 is 8.24 Å². The monoisotopic (exact) mass is 447 g/mol. The molecule has 1 nitrogen and oxygen atoms in total. The van der Waals surface area contributed by atoms with Crippen LogP contribution in [0.5, 0.6) is 0 Å². The molecule has 0 amide bonds. The van der Waals surface area contributed by atoms with E-state index in [1.54, 1.807) is 10.8 Å². The maximum Gasteiger partial charge on any atom is 0.148 e. The molecular weight excluding hydrogens is 420 g/mol. The molecular formula is C18H29Cl2NSiZr. The SMILES string of the molecule is CC1=C(C)C(C)C([Si](C)(C)NCc2ccccc2)=C1C.Cl.Cl.[Zr]. The molecule has 0 radical (unpaired) electrons. The van der Waals surface area contributed by atoms with Crippen molar-refractivity contribution in [2.75, 3.05) is 0 Å². The molecule has 1 atom stereocenters. The second-order valence-electron chi connectivity index (χ2n) is 6.53. The molecule has 1 aromatic rings. The van der Waals surface area contributed by atoms with Crippen molar-refractivity contribution in [3.8, 4) is 0 Å². The van der Waals surface area contributed by atoms with Crippen LogP contribution in [0.25, 0.3) is 0 Å².